The first-order chi connectivity index (χ1) is 15.9. The maximum absolute atomic E-state index is 15.0. The Bertz CT molecular complexity index is 1320. The predicted molar refractivity (Wildman–Crippen MR) is 133 cm³/mol. The summed E-state index contributed by atoms with van der Waals surface area (Å²) in [7, 11) is -3.04. The van der Waals surface area contributed by atoms with Crippen LogP contribution in [0.15, 0.2) is 36.4 Å². The van der Waals surface area contributed by atoms with Crippen molar-refractivity contribution in [1.29, 1.82) is 0 Å². The van der Waals surface area contributed by atoms with Gasteiger partial charge in [0, 0.05) is 17.4 Å². The van der Waals surface area contributed by atoms with E-state index in [2.05, 4.69) is 4.85 Å². The number of amides is 1. The minimum absolute atomic E-state index is 0.0297. The lowest BCUT2D eigenvalue weighted by molar-refractivity contribution is -0.120. The standard InChI is InChI=1S/C24H24FN3O4S2/c1-15-13-16(5-7-20(15)26-4)27-22(29)24(2,3)28(23(27)33)17-6-8-21(19(25)14-17)32-18-9-11-34(30,31)12-10-18/h5-8,13-14,18H,9-12H2,1-3H3. The first-order valence-electron chi connectivity index (χ1n) is 10.8. The number of ether oxygens (including phenoxy) is 1. The number of sulfone groups is 1. The molecule has 0 unspecified atom stereocenters. The van der Waals surface area contributed by atoms with Crippen LogP contribution in [0.5, 0.6) is 5.75 Å². The first kappa shape index (κ1) is 24.1. The quantitative estimate of drug-likeness (QED) is 0.452. The molecule has 0 spiro atoms. The molecule has 0 saturated carbocycles. The second-order valence-electron chi connectivity index (χ2n) is 8.98. The summed E-state index contributed by atoms with van der Waals surface area (Å²) in [5, 5.41) is 0.204. The van der Waals surface area contributed by atoms with E-state index in [-0.39, 0.29) is 34.4 Å². The molecule has 7 nitrogen and oxygen atoms in total. The summed E-state index contributed by atoms with van der Waals surface area (Å²) in [5.41, 5.74) is 1.09. The van der Waals surface area contributed by atoms with E-state index in [1.54, 1.807) is 49.9 Å². The Labute approximate surface area is 203 Å². The highest BCUT2D eigenvalue weighted by Crippen LogP contribution is 2.39. The van der Waals surface area contributed by atoms with Crippen molar-refractivity contribution in [3.63, 3.8) is 0 Å². The maximum Gasteiger partial charge on any atom is 0.259 e. The van der Waals surface area contributed by atoms with Crippen LogP contribution in [0.4, 0.5) is 21.5 Å². The van der Waals surface area contributed by atoms with Crippen molar-refractivity contribution in [2.24, 2.45) is 0 Å². The molecular formula is C24H24FN3O4S2. The normalized spacial score (nSPS) is 19.9. The molecule has 2 heterocycles. The van der Waals surface area contributed by atoms with Gasteiger partial charge in [0.15, 0.2) is 32.2 Å². The van der Waals surface area contributed by atoms with Crippen molar-refractivity contribution >= 4 is 50.1 Å². The number of hydrogen-bond donors (Lipinski definition) is 0. The average molecular weight is 502 g/mol. The van der Waals surface area contributed by atoms with E-state index in [9.17, 15) is 13.2 Å². The molecule has 34 heavy (non-hydrogen) atoms. The molecule has 1 amide bonds. The number of aryl methyl sites for hydroxylation is 1. The number of benzene rings is 2. The van der Waals surface area contributed by atoms with Crippen LogP contribution in [0.3, 0.4) is 0 Å². The van der Waals surface area contributed by atoms with Crippen LogP contribution >= 0.6 is 12.2 Å². The van der Waals surface area contributed by atoms with E-state index in [4.69, 9.17) is 23.5 Å². The molecule has 2 aliphatic rings. The third-order valence-corrected chi connectivity index (χ3v) is 8.28. The van der Waals surface area contributed by atoms with E-state index in [1.165, 1.54) is 17.0 Å². The molecule has 0 atom stereocenters. The van der Waals surface area contributed by atoms with E-state index in [0.717, 1.165) is 5.56 Å². The topological polar surface area (TPSA) is 71.3 Å². The van der Waals surface area contributed by atoms with Gasteiger partial charge >= 0.3 is 0 Å². The Morgan fingerprint density at radius 1 is 1.15 bits per heavy atom. The van der Waals surface area contributed by atoms with Crippen LogP contribution in [0.25, 0.3) is 4.85 Å². The fraction of sp³-hybridized carbons (Fsp3) is 0.375. The lowest BCUT2D eigenvalue weighted by Gasteiger charge is -2.30. The van der Waals surface area contributed by atoms with Crippen LogP contribution < -0.4 is 14.5 Å². The Morgan fingerprint density at radius 3 is 2.38 bits per heavy atom. The summed E-state index contributed by atoms with van der Waals surface area (Å²) in [4.78, 5) is 19.8. The number of hydrogen-bond acceptors (Lipinski definition) is 5. The van der Waals surface area contributed by atoms with Gasteiger partial charge in [0.1, 0.15) is 11.6 Å². The van der Waals surface area contributed by atoms with Gasteiger partial charge < -0.3 is 9.64 Å². The molecule has 2 aromatic rings. The summed E-state index contributed by atoms with van der Waals surface area (Å²) in [6.45, 7) is 12.4. The van der Waals surface area contributed by atoms with Crippen LogP contribution in [-0.2, 0) is 14.6 Å². The average Bonchev–Trinajstić information content (AvgIpc) is 2.94. The zero-order valence-electron chi connectivity index (χ0n) is 19.0. The summed E-state index contributed by atoms with van der Waals surface area (Å²) in [5.74, 6) is -0.794. The SMILES string of the molecule is [C-]#[N+]c1ccc(N2C(=O)C(C)(C)N(c3ccc(OC4CCS(=O)(=O)CC4)c(F)c3)C2=S)cc1C. The molecular weight excluding hydrogens is 477 g/mol. The van der Waals surface area contributed by atoms with Gasteiger partial charge in [-0.05, 0) is 75.7 Å². The molecule has 0 radical (unpaired) electrons. The number of carbonyl (C=O) groups excluding carboxylic acids is 1. The number of anilines is 2. The fourth-order valence-corrected chi connectivity index (χ4v) is 6.22. The minimum atomic E-state index is -3.04. The first-order valence-corrected chi connectivity index (χ1v) is 13.0. The number of rotatable bonds is 4. The van der Waals surface area contributed by atoms with Gasteiger partial charge in [-0.25, -0.2) is 17.7 Å². The summed E-state index contributed by atoms with van der Waals surface area (Å²) in [6.07, 6.45) is 0.274. The van der Waals surface area contributed by atoms with Crippen LogP contribution in [0, 0.1) is 19.3 Å². The Hall–Kier alpha value is -3.03. The highest BCUT2D eigenvalue weighted by molar-refractivity contribution is 7.91. The van der Waals surface area contributed by atoms with E-state index < -0.39 is 21.2 Å². The molecule has 0 aromatic heterocycles. The van der Waals surface area contributed by atoms with Gasteiger partial charge in [-0.2, -0.15) is 0 Å². The van der Waals surface area contributed by atoms with Crippen LogP contribution in [-0.4, -0.2) is 42.6 Å². The molecule has 0 aliphatic carbocycles. The van der Waals surface area contributed by atoms with Crippen molar-refractivity contribution in [3.05, 3.63) is 59.2 Å². The predicted octanol–water partition coefficient (Wildman–Crippen LogP) is 4.56. The van der Waals surface area contributed by atoms with Crippen molar-refractivity contribution in [1.82, 2.24) is 0 Å². The van der Waals surface area contributed by atoms with E-state index in [1.807, 2.05) is 0 Å². The number of halogens is 1. The van der Waals surface area contributed by atoms with Crippen molar-refractivity contribution in [2.45, 2.75) is 45.3 Å². The fourth-order valence-electron chi connectivity index (χ4n) is 4.25. The van der Waals surface area contributed by atoms with Gasteiger partial charge in [0.25, 0.3) is 5.91 Å². The van der Waals surface area contributed by atoms with Crippen LogP contribution in [0.1, 0.15) is 32.3 Å². The molecule has 178 valence electrons. The molecule has 10 heteroatoms. The highest BCUT2D eigenvalue weighted by atomic mass is 32.2. The largest absolute Gasteiger partial charge is 0.487 e. The maximum atomic E-state index is 15.0. The minimum Gasteiger partial charge on any atom is -0.487 e. The van der Waals surface area contributed by atoms with Crippen molar-refractivity contribution in [2.75, 3.05) is 21.3 Å². The highest BCUT2D eigenvalue weighted by Gasteiger charge is 2.50. The van der Waals surface area contributed by atoms with Gasteiger partial charge in [-0.1, -0.05) is 6.07 Å². The van der Waals surface area contributed by atoms with Gasteiger partial charge in [0.05, 0.1) is 18.1 Å². The molecule has 2 saturated heterocycles. The molecule has 2 aromatic carbocycles. The third-order valence-electron chi connectivity index (χ3n) is 6.20. The Morgan fingerprint density at radius 2 is 1.79 bits per heavy atom. The third kappa shape index (κ3) is 4.26. The van der Waals surface area contributed by atoms with Gasteiger partial charge in [-0.3, -0.25) is 9.69 Å². The number of carbonyl (C=O) groups is 1. The Balaban J connectivity index is 1.60. The zero-order chi connectivity index (χ0) is 24.8. The van der Waals surface area contributed by atoms with Gasteiger partial charge in [-0.15, -0.1) is 0 Å². The van der Waals surface area contributed by atoms with E-state index in [0.29, 0.717) is 29.9 Å². The van der Waals surface area contributed by atoms with Crippen molar-refractivity contribution < 1.29 is 22.3 Å². The lowest BCUT2D eigenvalue weighted by Crippen LogP contribution is -2.44. The molecule has 0 bridgehead atoms. The summed E-state index contributed by atoms with van der Waals surface area (Å²) < 4.78 is 44.0. The second kappa shape index (κ2) is 8.64. The molecule has 0 N–H and O–H groups in total. The molecule has 2 fully saturated rings. The second-order valence-corrected chi connectivity index (χ2v) is 11.7. The smallest absolute Gasteiger partial charge is 0.259 e. The summed E-state index contributed by atoms with van der Waals surface area (Å²) in [6, 6.07) is 9.44. The van der Waals surface area contributed by atoms with Crippen LogP contribution in [0.2, 0.25) is 0 Å². The van der Waals surface area contributed by atoms with Crippen molar-refractivity contribution in [3.8, 4) is 5.75 Å². The zero-order valence-corrected chi connectivity index (χ0v) is 20.7. The molecule has 4 rings (SSSR count). The Kier molecular flexibility index (Phi) is 6.12. The lowest BCUT2D eigenvalue weighted by atomic mass is 10.0. The van der Waals surface area contributed by atoms with Gasteiger partial charge in [0.2, 0.25) is 0 Å². The monoisotopic (exact) mass is 501 g/mol. The number of thiocarbonyl (C=S) groups is 1. The summed E-state index contributed by atoms with van der Waals surface area (Å²) >= 11 is 5.64. The van der Waals surface area contributed by atoms with E-state index >= 15 is 4.39 Å². The molecule has 2 aliphatic heterocycles. The number of nitrogens with zero attached hydrogens (tertiary/aromatic N) is 3.